The van der Waals surface area contributed by atoms with Gasteiger partial charge in [0.05, 0.1) is 24.2 Å². The predicted octanol–water partition coefficient (Wildman–Crippen LogP) is 4.33. The number of aliphatic carboxylic acids is 1. The minimum Gasteiger partial charge on any atom is -0.481 e. The van der Waals surface area contributed by atoms with Crippen LogP contribution in [0, 0.1) is 6.92 Å². The molecule has 0 saturated carbocycles. The molecule has 1 amide bonds. The topological polar surface area (TPSA) is 96.0 Å². The van der Waals surface area contributed by atoms with E-state index in [9.17, 15) is 9.59 Å². The number of hydrazone groups is 1. The molecule has 1 atom stereocenters. The summed E-state index contributed by atoms with van der Waals surface area (Å²) in [5.74, 6) is -0.867. The number of carbonyl (C=O) groups is 2. The van der Waals surface area contributed by atoms with Crippen LogP contribution >= 0.6 is 11.6 Å². The molecular weight excluding hydrogens is 394 g/mol. The van der Waals surface area contributed by atoms with Crippen LogP contribution in [0.1, 0.15) is 42.2 Å². The van der Waals surface area contributed by atoms with Gasteiger partial charge in [-0.1, -0.05) is 23.2 Å². The number of aromatic nitrogens is 1. The van der Waals surface area contributed by atoms with Gasteiger partial charge in [-0.05, 0) is 37.3 Å². The second kappa shape index (κ2) is 7.67. The predicted molar refractivity (Wildman–Crippen MR) is 108 cm³/mol. The van der Waals surface area contributed by atoms with Crippen molar-refractivity contribution in [2.75, 3.05) is 0 Å². The number of pyridine rings is 1. The Morgan fingerprint density at radius 1 is 1.28 bits per heavy atom. The summed E-state index contributed by atoms with van der Waals surface area (Å²) in [6.45, 7) is 1.99. The summed E-state index contributed by atoms with van der Waals surface area (Å²) >= 11 is 6.48. The molecule has 0 aliphatic carbocycles. The maximum absolute atomic E-state index is 12.7. The summed E-state index contributed by atoms with van der Waals surface area (Å²) in [7, 11) is 0. The molecule has 8 heteroatoms. The molecule has 1 N–H and O–H groups in total. The third-order valence-corrected chi connectivity index (χ3v) is 5.14. The minimum atomic E-state index is -1.04. The number of amides is 1. The van der Waals surface area contributed by atoms with Crippen LogP contribution in [0.25, 0.3) is 10.9 Å². The smallest absolute Gasteiger partial charge is 0.303 e. The van der Waals surface area contributed by atoms with Crippen LogP contribution in [0.3, 0.4) is 0 Å². The zero-order valence-corrected chi connectivity index (χ0v) is 16.4. The minimum absolute atomic E-state index is 0.154. The molecular formula is C21H18ClN3O4. The molecule has 1 aromatic carbocycles. The fourth-order valence-corrected chi connectivity index (χ4v) is 3.70. The normalized spacial score (nSPS) is 16.3. The van der Waals surface area contributed by atoms with E-state index in [0.29, 0.717) is 28.6 Å². The van der Waals surface area contributed by atoms with Crippen molar-refractivity contribution >= 4 is 40.1 Å². The number of hydrogen-bond acceptors (Lipinski definition) is 5. The first-order chi connectivity index (χ1) is 13.9. The van der Waals surface area contributed by atoms with Gasteiger partial charge >= 0.3 is 5.97 Å². The third kappa shape index (κ3) is 3.86. The average molecular weight is 412 g/mol. The molecule has 0 saturated heterocycles. The lowest BCUT2D eigenvalue weighted by molar-refractivity contribution is -0.141. The Balaban J connectivity index is 1.74. The number of fused-ring (bicyclic) bond motifs is 1. The number of carboxylic acids is 1. The van der Waals surface area contributed by atoms with Gasteiger partial charge in [0.25, 0.3) is 0 Å². The third-order valence-electron chi connectivity index (χ3n) is 4.83. The van der Waals surface area contributed by atoms with Crippen molar-refractivity contribution in [3.63, 3.8) is 0 Å². The van der Waals surface area contributed by atoms with E-state index in [-0.39, 0.29) is 18.7 Å². The molecule has 3 aromatic rings. The van der Waals surface area contributed by atoms with Crippen molar-refractivity contribution in [2.24, 2.45) is 5.10 Å². The maximum Gasteiger partial charge on any atom is 0.303 e. The lowest BCUT2D eigenvalue weighted by atomic mass is 10.00. The fourth-order valence-electron chi connectivity index (χ4n) is 3.42. The number of carboxylic acid groups (broad SMARTS) is 1. The molecule has 2 aromatic heterocycles. The van der Waals surface area contributed by atoms with Gasteiger partial charge in [0.1, 0.15) is 16.6 Å². The van der Waals surface area contributed by atoms with Crippen molar-refractivity contribution in [2.45, 2.75) is 32.2 Å². The van der Waals surface area contributed by atoms with Gasteiger partial charge in [-0.15, -0.1) is 0 Å². The van der Waals surface area contributed by atoms with E-state index in [0.717, 1.165) is 16.5 Å². The van der Waals surface area contributed by atoms with Gasteiger partial charge < -0.3 is 9.52 Å². The first kappa shape index (κ1) is 19.1. The number of furan rings is 1. The molecule has 0 unspecified atom stereocenters. The van der Waals surface area contributed by atoms with Crippen LogP contribution in [0.4, 0.5) is 0 Å². The number of rotatable bonds is 5. The first-order valence-corrected chi connectivity index (χ1v) is 9.52. The second-order valence-corrected chi connectivity index (χ2v) is 7.30. The lowest BCUT2D eigenvalue weighted by Crippen LogP contribution is -2.27. The molecule has 4 rings (SSSR count). The summed E-state index contributed by atoms with van der Waals surface area (Å²) in [6, 6.07) is 10.8. The molecule has 148 valence electrons. The molecule has 7 nitrogen and oxygen atoms in total. The molecule has 3 heterocycles. The van der Waals surface area contributed by atoms with Gasteiger partial charge in [0.15, 0.2) is 0 Å². The van der Waals surface area contributed by atoms with Gasteiger partial charge in [0.2, 0.25) is 5.91 Å². The zero-order valence-electron chi connectivity index (χ0n) is 15.6. The van der Waals surface area contributed by atoms with Gasteiger partial charge in [0, 0.05) is 23.8 Å². The Labute approximate surface area is 171 Å². The van der Waals surface area contributed by atoms with E-state index in [1.807, 2.05) is 31.2 Å². The Bertz CT molecular complexity index is 1120. The van der Waals surface area contributed by atoms with Crippen molar-refractivity contribution < 1.29 is 19.1 Å². The van der Waals surface area contributed by atoms with Crippen LogP contribution in [-0.2, 0) is 9.59 Å². The quantitative estimate of drug-likeness (QED) is 0.630. The molecule has 1 aliphatic rings. The number of halogens is 1. The van der Waals surface area contributed by atoms with Crippen molar-refractivity contribution in [3.05, 3.63) is 64.7 Å². The van der Waals surface area contributed by atoms with Crippen molar-refractivity contribution in [1.82, 2.24) is 9.99 Å². The highest BCUT2D eigenvalue weighted by molar-refractivity contribution is 6.30. The van der Waals surface area contributed by atoms with Gasteiger partial charge in [-0.3, -0.25) is 9.59 Å². The van der Waals surface area contributed by atoms with Crippen LogP contribution in [0.2, 0.25) is 5.15 Å². The fraction of sp³-hybridized carbons (Fsp3) is 0.238. The van der Waals surface area contributed by atoms with Crippen LogP contribution in [0.15, 0.2) is 52.2 Å². The summed E-state index contributed by atoms with van der Waals surface area (Å²) in [5.41, 5.74) is 3.11. The monoisotopic (exact) mass is 411 g/mol. The standard InChI is InChI=1S/C21H18ClN3O4/c1-12-4-5-15-13(9-12)10-14(21(22)23-15)17-11-16(18-3-2-8-29-18)24-25(17)19(26)6-7-20(27)28/h2-5,8-10,17H,6-7,11H2,1H3,(H,27,28)/t17-/m0/s1. The molecule has 29 heavy (non-hydrogen) atoms. The lowest BCUT2D eigenvalue weighted by Gasteiger charge is -2.22. The largest absolute Gasteiger partial charge is 0.481 e. The Kier molecular flexibility index (Phi) is 5.07. The van der Waals surface area contributed by atoms with Crippen LogP contribution < -0.4 is 0 Å². The number of benzene rings is 1. The summed E-state index contributed by atoms with van der Waals surface area (Å²) in [5, 5.41) is 15.9. The van der Waals surface area contributed by atoms with E-state index < -0.39 is 12.0 Å². The van der Waals surface area contributed by atoms with E-state index in [4.69, 9.17) is 21.1 Å². The Hall–Kier alpha value is -3.19. The molecule has 0 fully saturated rings. The maximum atomic E-state index is 12.7. The Morgan fingerprint density at radius 2 is 2.10 bits per heavy atom. The number of carbonyl (C=O) groups excluding carboxylic acids is 1. The van der Waals surface area contributed by atoms with Crippen LogP contribution in [0.5, 0.6) is 0 Å². The molecule has 0 spiro atoms. The van der Waals surface area contributed by atoms with E-state index in [2.05, 4.69) is 10.1 Å². The summed E-state index contributed by atoms with van der Waals surface area (Å²) < 4.78 is 5.43. The van der Waals surface area contributed by atoms with Gasteiger partial charge in [-0.2, -0.15) is 5.10 Å². The number of hydrogen-bond donors (Lipinski definition) is 1. The highest BCUT2D eigenvalue weighted by Gasteiger charge is 2.35. The highest BCUT2D eigenvalue weighted by Crippen LogP contribution is 2.37. The van der Waals surface area contributed by atoms with E-state index >= 15 is 0 Å². The number of aryl methyl sites for hydroxylation is 1. The van der Waals surface area contributed by atoms with E-state index in [1.165, 1.54) is 11.3 Å². The Morgan fingerprint density at radius 3 is 2.83 bits per heavy atom. The van der Waals surface area contributed by atoms with Crippen LogP contribution in [-0.4, -0.2) is 32.7 Å². The molecule has 0 radical (unpaired) electrons. The summed E-state index contributed by atoms with van der Waals surface area (Å²) in [4.78, 5) is 28.1. The summed E-state index contributed by atoms with van der Waals surface area (Å²) in [6.07, 6.45) is 1.51. The first-order valence-electron chi connectivity index (χ1n) is 9.14. The molecule has 1 aliphatic heterocycles. The van der Waals surface area contributed by atoms with Crippen molar-refractivity contribution in [3.8, 4) is 0 Å². The highest BCUT2D eigenvalue weighted by atomic mass is 35.5. The number of nitrogens with zero attached hydrogens (tertiary/aromatic N) is 3. The zero-order chi connectivity index (χ0) is 20.5. The second-order valence-electron chi connectivity index (χ2n) is 6.94. The molecule has 0 bridgehead atoms. The average Bonchev–Trinajstić information content (AvgIpc) is 3.35. The van der Waals surface area contributed by atoms with E-state index in [1.54, 1.807) is 12.1 Å². The van der Waals surface area contributed by atoms with Crippen molar-refractivity contribution in [1.29, 1.82) is 0 Å². The van der Waals surface area contributed by atoms with Gasteiger partial charge in [-0.25, -0.2) is 9.99 Å². The SMILES string of the molecule is Cc1ccc2nc(Cl)c([C@@H]3CC(c4ccco4)=NN3C(=O)CCC(=O)O)cc2c1.